The fourth-order valence-corrected chi connectivity index (χ4v) is 1.75. The van der Waals surface area contributed by atoms with Crippen molar-refractivity contribution < 1.29 is 19.5 Å². The molecule has 0 aliphatic heterocycles. The van der Waals surface area contributed by atoms with Crippen LogP contribution >= 0.6 is 0 Å². The molecule has 0 spiro atoms. The van der Waals surface area contributed by atoms with Crippen molar-refractivity contribution in [2.45, 2.75) is 20.3 Å². The number of hydrogen-bond donors (Lipinski definition) is 3. The minimum absolute atomic E-state index is 0.149. The van der Waals surface area contributed by atoms with Crippen molar-refractivity contribution in [1.82, 2.24) is 5.32 Å². The first-order chi connectivity index (χ1) is 9.86. The lowest BCUT2D eigenvalue weighted by Gasteiger charge is -2.17. The highest BCUT2D eigenvalue weighted by atomic mass is 16.4. The quantitative estimate of drug-likeness (QED) is 0.735. The molecule has 114 valence electrons. The van der Waals surface area contributed by atoms with Crippen LogP contribution in [0.3, 0.4) is 0 Å². The van der Waals surface area contributed by atoms with Crippen LogP contribution in [0.15, 0.2) is 24.3 Å². The molecular formula is C15H20N2O4. The number of para-hydroxylation sites is 1. The summed E-state index contributed by atoms with van der Waals surface area (Å²) in [7, 11) is 1.54. The number of carbonyl (C=O) groups excluding carboxylic acids is 2. The van der Waals surface area contributed by atoms with E-state index in [0.717, 1.165) is 0 Å². The summed E-state index contributed by atoms with van der Waals surface area (Å²) >= 11 is 0. The predicted octanol–water partition coefficient (Wildman–Crippen LogP) is 1.27. The van der Waals surface area contributed by atoms with Gasteiger partial charge in [-0.15, -0.1) is 0 Å². The number of aliphatic carboxylic acids is 1. The summed E-state index contributed by atoms with van der Waals surface area (Å²) in [4.78, 5) is 34.5. The summed E-state index contributed by atoms with van der Waals surface area (Å²) in [5.41, 5.74) is 1.20. The minimum atomic E-state index is -1.02. The van der Waals surface area contributed by atoms with Crippen molar-refractivity contribution in [1.29, 1.82) is 0 Å². The average Bonchev–Trinajstić information content (AvgIpc) is 2.47. The summed E-state index contributed by atoms with van der Waals surface area (Å²) in [5.74, 6) is -3.01. The molecule has 2 unspecified atom stereocenters. The molecule has 0 bridgehead atoms. The van der Waals surface area contributed by atoms with Gasteiger partial charge in [0, 0.05) is 18.7 Å². The summed E-state index contributed by atoms with van der Waals surface area (Å²) in [6.45, 7) is 3.05. The van der Waals surface area contributed by atoms with E-state index in [-0.39, 0.29) is 18.2 Å². The summed E-state index contributed by atoms with van der Waals surface area (Å²) < 4.78 is 0. The summed E-state index contributed by atoms with van der Waals surface area (Å²) in [6.07, 6.45) is 0.149. The Bertz CT molecular complexity index is 542. The molecule has 0 aromatic heterocycles. The fourth-order valence-electron chi connectivity index (χ4n) is 1.75. The van der Waals surface area contributed by atoms with Gasteiger partial charge in [0.2, 0.25) is 11.8 Å². The molecule has 0 fully saturated rings. The van der Waals surface area contributed by atoms with Gasteiger partial charge in [0.15, 0.2) is 0 Å². The second-order valence-corrected chi connectivity index (χ2v) is 4.91. The van der Waals surface area contributed by atoms with E-state index in [9.17, 15) is 14.4 Å². The maximum atomic E-state index is 12.1. The van der Waals surface area contributed by atoms with Gasteiger partial charge in [-0.2, -0.15) is 0 Å². The first-order valence-electron chi connectivity index (χ1n) is 6.69. The number of likely N-dealkylation sites (N-methyl/N-ethyl adjacent to an activating group) is 1. The van der Waals surface area contributed by atoms with Gasteiger partial charge in [0.25, 0.3) is 0 Å². The Morgan fingerprint density at radius 1 is 1.14 bits per heavy atom. The van der Waals surface area contributed by atoms with Gasteiger partial charge in [0.05, 0.1) is 12.3 Å². The molecule has 6 nitrogen and oxygen atoms in total. The maximum Gasteiger partial charge on any atom is 0.307 e. The predicted molar refractivity (Wildman–Crippen MR) is 78.8 cm³/mol. The zero-order valence-electron chi connectivity index (χ0n) is 12.3. The van der Waals surface area contributed by atoms with Crippen LogP contribution in [0.2, 0.25) is 0 Å². The molecule has 1 aromatic carbocycles. The van der Waals surface area contributed by atoms with E-state index in [1.165, 1.54) is 6.92 Å². The Labute approximate surface area is 123 Å². The molecule has 0 saturated carbocycles. The lowest BCUT2D eigenvalue weighted by atomic mass is 9.95. The van der Waals surface area contributed by atoms with Crippen LogP contribution in [0, 0.1) is 11.8 Å². The number of carboxylic acids is 1. The SMILES string of the molecule is CNC(=O)Cc1ccccc1NC(=O)C(C)C(C)C(=O)O. The van der Waals surface area contributed by atoms with Crippen LogP contribution < -0.4 is 10.6 Å². The summed E-state index contributed by atoms with van der Waals surface area (Å²) in [5, 5.41) is 14.2. The van der Waals surface area contributed by atoms with Crippen molar-refractivity contribution in [3.8, 4) is 0 Å². The van der Waals surface area contributed by atoms with E-state index < -0.39 is 17.8 Å². The first-order valence-corrected chi connectivity index (χ1v) is 6.69. The molecular weight excluding hydrogens is 272 g/mol. The van der Waals surface area contributed by atoms with Gasteiger partial charge in [-0.05, 0) is 11.6 Å². The highest BCUT2D eigenvalue weighted by molar-refractivity contribution is 5.96. The zero-order valence-corrected chi connectivity index (χ0v) is 12.3. The van der Waals surface area contributed by atoms with Gasteiger partial charge in [-0.1, -0.05) is 32.0 Å². The molecule has 0 heterocycles. The van der Waals surface area contributed by atoms with Crippen molar-refractivity contribution in [3.63, 3.8) is 0 Å². The lowest BCUT2D eigenvalue weighted by molar-refractivity contribution is -0.145. The van der Waals surface area contributed by atoms with E-state index in [4.69, 9.17) is 5.11 Å². The standard InChI is InChI=1S/C15H20N2O4/c1-9(10(2)15(20)21)14(19)17-12-7-5-4-6-11(12)8-13(18)16-3/h4-7,9-10H,8H2,1-3H3,(H,16,18)(H,17,19)(H,20,21). The maximum absolute atomic E-state index is 12.1. The smallest absolute Gasteiger partial charge is 0.307 e. The van der Waals surface area contributed by atoms with Crippen molar-refractivity contribution >= 4 is 23.5 Å². The molecule has 0 aliphatic carbocycles. The molecule has 21 heavy (non-hydrogen) atoms. The Balaban J connectivity index is 2.85. The van der Waals surface area contributed by atoms with E-state index in [1.54, 1.807) is 38.2 Å². The van der Waals surface area contributed by atoms with Gasteiger partial charge < -0.3 is 15.7 Å². The molecule has 0 saturated heterocycles. The zero-order chi connectivity index (χ0) is 16.0. The third kappa shape index (κ3) is 4.59. The normalized spacial score (nSPS) is 13.1. The third-order valence-electron chi connectivity index (χ3n) is 3.46. The van der Waals surface area contributed by atoms with E-state index >= 15 is 0 Å². The summed E-state index contributed by atoms with van der Waals surface area (Å²) in [6, 6.07) is 6.95. The molecule has 6 heteroatoms. The number of amides is 2. The van der Waals surface area contributed by atoms with Crippen LogP contribution in [0.25, 0.3) is 0 Å². The van der Waals surface area contributed by atoms with Gasteiger partial charge >= 0.3 is 5.97 Å². The van der Waals surface area contributed by atoms with E-state index in [1.807, 2.05) is 0 Å². The molecule has 2 atom stereocenters. The second-order valence-electron chi connectivity index (χ2n) is 4.91. The Kier molecular flexibility index (Phi) is 5.90. The van der Waals surface area contributed by atoms with E-state index in [0.29, 0.717) is 11.3 Å². The number of rotatable bonds is 6. The number of benzene rings is 1. The molecule has 0 aliphatic rings. The van der Waals surface area contributed by atoms with E-state index in [2.05, 4.69) is 10.6 Å². The largest absolute Gasteiger partial charge is 0.481 e. The van der Waals surface area contributed by atoms with Crippen LogP contribution in [-0.4, -0.2) is 29.9 Å². The molecule has 1 aromatic rings. The first kappa shape index (κ1) is 16.7. The fraction of sp³-hybridized carbons (Fsp3) is 0.400. The minimum Gasteiger partial charge on any atom is -0.481 e. The van der Waals surface area contributed by atoms with Crippen molar-refractivity contribution in [3.05, 3.63) is 29.8 Å². The van der Waals surface area contributed by atoms with Gasteiger partial charge in [-0.25, -0.2) is 0 Å². The lowest BCUT2D eigenvalue weighted by Crippen LogP contribution is -2.30. The molecule has 1 rings (SSSR count). The molecule has 2 amide bonds. The monoisotopic (exact) mass is 292 g/mol. The highest BCUT2D eigenvalue weighted by Crippen LogP contribution is 2.19. The topological polar surface area (TPSA) is 95.5 Å². The van der Waals surface area contributed by atoms with Crippen LogP contribution in [0.4, 0.5) is 5.69 Å². The van der Waals surface area contributed by atoms with Crippen molar-refractivity contribution in [2.75, 3.05) is 12.4 Å². The Morgan fingerprint density at radius 2 is 1.76 bits per heavy atom. The van der Waals surface area contributed by atoms with Crippen LogP contribution in [-0.2, 0) is 20.8 Å². The number of hydrogen-bond acceptors (Lipinski definition) is 3. The molecule has 3 N–H and O–H groups in total. The third-order valence-corrected chi connectivity index (χ3v) is 3.46. The number of carboxylic acid groups (broad SMARTS) is 1. The Morgan fingerprint density at radius 3 is 2.33 bits per heavy atom. The number of nitrogens with one attached hydrogen (secondary N) is 2. The Hall–Kier alpha value is -2.37. The van der Waals surface area contributed by atoms with Crippen LogP contribution in [0.1, 0.15) is 19.4 Å². The van der Waals surface area contributed by atoms with Gasteiger partial charge in [0.1, 0.15) is 0 Å². The highest BCUT2D eigenvalue weighted by Gasteiger charge is 2.26. The number of carbonyl (C=O) groups is 3. The molecule has 0 radical (unpaired) electrons. The second kappa shape index (κ2) is 7.42. The number of anilines is 1. The van der Waals surface area contributed by atoms with Gasteiger partial charge in [-0.3, -0.25) is 14.4 Å². The average molecular weight is 292 g/mol. The van der Waals surface area contributed by atoms with Crippen LogP contribution in [0.5, 0.6) is 0 Å². The van der Waals surface area contributed by atoms with Crippen molar-refractivity contribution in [2.24, 2.45) is 11.8 Å².